The summed E-state index contributed by atoms with van der Waals surface area (Å²) in [7, 11) is 0. The van der Waals surface area contributed by atoms with Crippen LogP contribution in [0.5, 0.6) is 0 Å². The summed E-state index contributed by atoms with van der Waals surface area (Å²) in [6.45, 7) is 1.96. The normalized spacial score (nSPS) is 22.4. The van der Waals surface area contributed by atoms with Crippen LogP contribution in [0.4, 0.5) is 0 Å². The number of halogens is 1. The minimum Gasteiger partial charge on any atom is -0.462 e. The number of hydrogen-bond donors (Lipinski definition) is 1. The molecule has 0 bridgehead atoms. The molecule has 0 saturated carbocycles. The van der Waals surface area contributed by atoms with Crippen LogP contribution in [0.1, 0.15) is 6.92 Å². The molecule has 0 aromatic heterocycles. The van der Waals surface area contributed by atoms with E-state index in [1.165, 1.54) is 11.1 Å². The number of allylic oxidation sites excluding steroid dienone is 1. The molecule has 0 saturated heterocycles. The fourth-order valence-corrected chi connectivity index (χ4v) is 1.85. The van der Waals surface area contributed by atoms with Gasteiger partial charge in [0.15, 0.2) is 6.23 Å². The van der Waals surface area contributed by atoms with Crippen LogP contribution in [0.2, 0.25) is 0 Å². The first-order valence-corrected chi connectivity index (χ1v) is 6.04. The maximum Gasteiger partial charge on any atom is 0.340 e. The van der Waals surface area contributed by atoms with Crippen molar-refractivity contribution in [3.8, 4) is 0 Å². The third-order valence-corrected chi connectivity index (χ3v) is 2.73. The maximum atomic E-state index is 11.6. The van der Waals surface area contributed by atoms with E-state index in [1.54, 1.807) is 19.3 Å². The molecule has 7 heteroatoms. The van der Waals surface area contributed by atoms with Gasteiger partial charge in [0.25, 0.3) is 0 Å². The number of rotatable bonds is 2. The van der Waals surface area contributed by atoms with Crippen LogP contribution < -0.4 is 0 Å². The average molecular weight is 347 g/mol. The number of guanidine groups is 1. The van der Waals surface area contributed by atoms with Crippen molar-refractivity contribution in [2.75, 3.05) is 6.61 Å². The van der Waals surface area contributed by atoms with Gasteiger partial charge in [-0.3, -0.25) is 4.90 Å². The van der Waals surface area contributed by atoms with E-state index in [2.05, 4.69) is 32.6 Å². The second kappa shape index (κ2) is 4.96. The summed E-state index contributed by atoms with van der Waals surface area (Å²) in [6, 6.07) is 0. The molecule has 90 valence electrons. The van der Waals surface area contributed by atoms with Crippen molar-refractivity contribution in [3.63, 3.8) is 0 Å². The number of carbonyl (C=O) groups is 1. The molecular weight excluding hydrogens is 337 g/mol. The molecule has 2 aliphatic rings. The van der Waals surface area contributed by atoms with E-state index in [9.17, 15) is 9.90 Å². The van der Waals surface area contributed by atoms with Gasteiger partial charge in [0.2, 0.25) is 5.96 Å². The van der Waals surface area contributed by atoms with Crippen molar-refractivity contribution in [1.82, 2.24) is 4.90 Å². The lowest BCUT2D eigenvalue weighted by Gasteiger charge is -2.30. The van der Waals surface area contributed by atoms with Gasteiger partial charge in [-0.05, 0) is 29.5 Å². The van der Waals surface area contributed by atoms with Gasteiger partial charge in [0.05, 0.1) is 6.61 Å². The Kier molecular flexibility index (Phi) is 3.57. The molecule has 0 aromatic rings. The standard InChI is InChI=1S/C10H10IN3O3/c1-2-17-9(16)7-4-13-10-12-3-6(11)5-14(10)8(7)15/h3-5,8,15H,2H2,1H3/t8-/m0/s1. The van der Waals surface area contributed by atoms with E-state index in [4.69, 9.17) is 4.74 Å². The van der Waals surface area contributed by atoms with Gasteiger partial charge in [-0.15, -0.1) is 0 Å². The number of esters is 1. The molecule has 6 nitrogen and oxygen atoms in total. The maximum absolute atomic E-state index is 11.6. The van der Waals surface area contributed by atoms with Crippen molar-refractivity contribution in [1.29, 1.82) is 0 Å². The zero-order chi connectivity index (χ0) is 12.4. The first kappa shape index (κ1) is 12.2. The van der Waals surface area contributed by atoms with E-state index in [1.807, 2.05) is 0 Å². The number of hydrogen-bond acceptors (Lipinski definition) is 6. The van der Waals surface area contributed by atoms with Crippen molar-refractivity contribution >= 4 is 40.7 Å². The highest BCUT2D eigenvalue weighted by molar-refractivity contribution is 14.1. The van der Waals surface area contributed by atoms with Gasteiger partial charge in [-0.2, -0.15) is 0 Å². The highest BCUT2D eigenvalue weighted by atomic mass is 127. The van der Waals surface area contributed by atoms with E-state index >= 15 is 0 Å². The minimum atomic E-state index is -1.11. The van der Waals surface area contributed by atoms with Crippen LogP contribution in [0.25, 0.3) is 0 Å². The Bertz CT molecular complexity index is 467. The molecule has 0 unspecified atom stereocenters. The Morgan fingerprint density at radius 2 is 2.47 bits per heavy atom. The average Bonchev–Trinajstić information content (AvgIpc) is 2.30. The Morgan fingerprint density at radius 3 is 3.18 bits per heavy atom. The highest BCUT2D eigenvalue weighted by Gasteiger charge is 2.31. The number of carbonyl (C=O) groups excluding carboxylic acids is 1. The van der Waals surface area contributed by atoms with Gasteiger partial charge in [0.1, 0.15) is 5.57 Å². The minimum absolute atomic E-state index is 0.105. The van der Waals surface area contributed by atoms with E-state index in [0.717, 1.165) is 3.58 Å². The van der Waals surface area contributed by atoms with Crippen molar-refractivity contribution < 1.29 is 14.6 Å². The van der Waals surface area contributed by atoms with Crippen molar-refractivity contribution in [2.24, 2.45) is 9.98 Å². The Balaban J connectivity index is 2.28. The lowest BCUT2D eigenvalue weighted by atomic mass is 10.2. The molecule has 1 atom stereocenters. The van der Waals surface area contributed by atoms with Gasteiger partial charge in [-0.1, -0.05) is 0 Å². The second-order valence-electron chi connectivity index (χ2n) is 3.29. The molecule has 0 aromatic carbocycles. The fraction of sp³-hybridized carbons (Fsp3) is 0.300. The van der Waals surface area contributed by atoms with Crippen LogP contribution in [-0.2, 0) is 9.53 Å². The van der Waals surface area contributed by atoms with Crippen molar-refractivity contribution in [2.45, 2.75) is 13.2 Å². The molecule has 0 radical (unpaired) electrons. The van der Waals surface area contributed by atoms with Gasteiger partial charge < -0.3 is 9.84 Å². The lowest BCUT2D eigenvalue weighted by molar-refractivity contribution is -0.140. The summed E-state index contributed by atoms with van der Waals surface area (Å²) in [5, 5.41) is 10.0. The van der Waals surface area contributed by atoms with Crippen molar-refractivity contribution in [3.05, 3.63) is 21.6 Å². The number of aliphatic hydroxyl groups excluding tert-OH is 1. The van der Waals surface area contributed by atoms with Crippen LogP contribution in [0.3, 0.4) is 0 Å². The third kappa shape index (κ3) is 2.39. The summed E-state index contributed by atoms with van der Waals surface area (Å²) < 4.78 is 5.67. The molecule has 0 fully saturated rings. The lowest BCUT2D eigenvalue weighted by Crippen LogP contribution is -2.42. The number of aliphatic imine (C=N–C) groups is 2. The molecular formula is C10H10IN3O3. The largest absolute Gasteiger partial charge is 0.462 e. The van der Waals surface area contributed by atoms with Crippen LogP contribution >= 0.6 is 22.6 Å². The highest BCUT2D eigenvalue weighted by Crippen LogP contribution is 2.22. The molecule has 2 aliphatic heterocycles. The number of nitrogens with zero attached hydrogens (tertiary/aromatic N) is 3. The molecule has 2 heterocycles. The first-order valence-electron chi connectivity index (χ1n) is 4.96. The summed E-state index contributed by atoms with van der Waals surface area (Å²) in [5.41, 5.74) is 0.105. The topological polar surface area (TPSA) is 74.5 Å². The molecule has 2 rings (SSSR count). The summed E-state index contributed by atoms with van der Waals surface area (Å²) in [4.78, 5) is 21.0. The fourth-order valence-electron chi connectivity index (χ4n) is 1.41. The number of aliphatic hydroxyl groups is 1. The zero-order valence-electron chi connectivity index (χ0n) is 9.00. The second-order valence-corrected chi connectivity index (χ2v) is 4.53. The van der Waals surface area contributed by atoms with E-state index in [0.29, 0.717) is 5.96 Å². The van der Waals surface area contributed by atoms with E-state index in [-0.39, 0.29) is 12.2 Å². The summed E-state index contributed by atoms with van der Waals surface area (Å²) in [6.07, 6.45) is 3.48. The first-order chi connectivity index (χ1) is 8.13. The monoisotopic (exact) mass is 347 g/mol. The molecule has 17 heavy (non-hydrogen) atoms. The number of ether oxygens (including phenoxy) is 1. The van der Waals surface area contributed by atoms with Crippen LogP contribution in [-0.4, -0.2) is 41.0 Å². The predicted molar refractivity (Wildman–Crippen MR) is 70.6 cm³/mol. The third-order valence-electron chi connectivity index (χ3n) is 2.17. The predicted octanol–water partition coefficient (Wildman–Crippen LogP) is 0.784. The quantitative estimate of drug-likeness (QED) is 0.592. The summed E-state index contributed by atoms with van der Waals surface area (Å²) >= 11 is 2.07. The van der Waals surface area contributed by atoms with E-state index < -0.39 is 12.2 Å². The Morgan fingerprint density at radius 1 is 1.71 bits per heavy atom. The number of fused-ring (bicyclic) bond motifs is 1. The van der Waals surface area contributed by atoms with Gasteiger partial charge in [-0.25, -0.2) is 14.8 Å². The van der Waals surface area contributed by atoms with Gasteiger partial charge in [0, 0.05) is 22.2 Å². The molecule has 0 amide bonds. The molecule has 0 aliphatic carbocycles. The smallest absolute Gasteiger partial charge is 0.340 e. The Labute approximate surface area is 112 Å². The summed E-state index contributed by atoms with van der Waals surface area (Å²) in [5.74, 6) is -0.216. The van der Waals surface area contributed by atoms with Crippen LogP contribution in [0.15, 0.2) is 31.5 Å². The molecule has 0 spiro atoms. The SMILES string of the molecule is CCOC(=O)C1=CN=C2N=CC(I)=CN2[C@H]1O. The molecule has 1 N–H and O–H groups in total. The zero-order valence-corrected chi connectivity index (χ0v) is 11.2. The van der Waals surface area contributed by atoms with Crippen LogP contribution in [0, 0.1) is 0 Å². The van der Waals surface area contributed by atoms with Gasteiger partial charge >= 0.3 is 5.97 Å². The Hall–Kier alpha value is -1.22.